The molecule has 9 heteroatoms. The molecular weight excluding hydrogens is 394 g/mol. The Balaban J connectivity index is 2.11. The molecule has 4 rings (SSSR count). The fourth-order valence-electron chi connectivity index (χ4n) is 3.15. The van der Waals surface area contributed by atoms with Crippen molar-refractivity contribution in [3.63, 3.8) is 0 Å². The first-order valence-electron chi connectivity index (χ1n) is 8.60. The topological polar surface area (TPSA) is 105 Å². The molecule has 4 aromatic rings. The summed E-state index contributed by atoms with van der Waals surface area (Å²) in [6.07, 6.45) is 0. The Labute approximate surface area is 170 Å². The second kappa shape index (κ2) is 7.06. The number of ether oxygens (including phenoxy) is 1. The van der Waals surface area contributed by atoms with Crippen molar-refractivity contribution in [2.75, 3.05) is 7.11 Å². The molecule has 0 aliphatic rings. The van der Waals surface area contributed by atoms with E-state index in [0.717, 1.165) is 0 Å². The summed E-state index contributed by atoms with van der Waals surface area (Å²) in [5.74, 6) is 0.0424. The molecule has 0 fully saturated rings. The van der Waals surface area contributed by atoms with E-state index in [9.17, 15) is 9.59 Å². The molecule has 2 N–H and O–H groups in total. The minimum absolute atomic E-state index is 0.0498. The van der Waals surface area contributed by atoms with E-state index >= 15 is 0 Å². The average molecular weight is 410 g/mol. The molecule has 0 unspecified atom stereocenters. The lowest BCUT2D eigenvalue weighted by Crippen LogP contribution is -2.21. The van der Waals surface area contributed by atoms with Crippen molar-refractivity contribution in [3.8, 4) is 22.8 Å². The number of carbonyl (C=O) groups excluding carboxylic acids is 1. The highest BCUT2D eigenvalue weighted by molar-refractivity contribution is 6.30. The number of amides is 1. The SMILES string of the molecule is COc1cccc(-n2c(=O)n(C)c3c(C(N)=O)nc(-c4cccc(Cl)c4)nc32)c1. The minimum Gasteiger partial charge on any atom is -0.497 e. The smallest absolute Gasteiger partial charge is 0.334 e. The Morgan fingerprint density at radius 1 is 1.14 bits per heavy atom. The number of fused-ring (bicyclic) bond motifs is 1. The van der Waals surface area contributed by atoms with Crippen LogP contribution in [0.3, 0.4) is 0 Å². The summed E-state index contributed by atoms with van der Waals surface area (Å²) in [6, 6.07) is 13.9. The van der Waals surface area contributed by atoms with Gasteiger partial charge in [-0.05, 0) is 24.3 Å². The molecule has 29 heavy (non-hydrogen) atoms. The van der Waals surface area contributed by atoms with E-state index in [0.29, 0.717) is 22.0 Å². The Hall–Kier alpha value is -3.65. The predicted molar refractivity (Wildman–Crippen MR) is 110 cm³/mol. The number of nitrogens with zero attached hydrogens (tertiary/aromatic N) is 4. The zero-order chi connectivity index (χ0) is 20.7. The molecule has 0 aliphatic carbocycles. The quantitative estimate of drug-likeness (QED) is 0.557. The van der Waals surface area contributed by atoms with Crippen LogP contribution in [0.25, 0.3) is 28.2 Å². The lowest BCUT2D eigenvalue weighted by molar-refractivity contribution is 0.0997. The van der Waals surface area contributed by atoms with Crippen LogP contribution in [0.1, 0.15) is 10.5 Å². The summed E-state index contributed by atoms with van der Waals surface area (Å²) in [7, 11) is 3.08. The summed E-state index contributed by atoms with van der Waals surface area (Å²) < 4.78 is 7.95. The Morgan fingerprint density at radius 3 is 2.59 bits per heavy atom. The van der Waals surface area contributed by atoms with Crippen LogP contribution in [-0.4, -0.2) is 32.1 Å². The summed E-state index contributed by atoms with van der Waals surface area (Å²) in [5.41, 5.74) is 6.75. The lowest BCUT2D eigenvalue weighted by atomic mass is 10.2. The standard InChI is InChI=1S/C20H16ClN5O3/c1-25-16-15(17(22)27)23-18(11-5-3-6-12(21)9-11)24-19(16)26(20(25)28)13-7-4-8-14(10-13)29-2/h3-10H,1-2H3,(H2,22,27). The van der Waals surface area contributed by atoms with Gasteiger partial charge in [-0.15, -0.1) is 0 Å². The van der Waals surface area contributed by atoms with Crippen molar-refractivity contribution < 1.29 is 9.53 Å². The number of primary amides is 1. The molecule has 0 radical (unpaired) electrons. The third kappa shape index (κ3) is 3.13. The summed E-state index contributed by atoms with van der Waals surface area (Å²) >= 11 is 6.08. The third-order valence-electron chi connectivity index (χ3n) is 4.52. The van der Waals surface area contributed by atoms with Crippen LogP contribution in [0.2, 0.25) is 5.02 Å². The second-order valence-electron chi connectivity index (χ2n) is 6.32. The molecule has 0 saturated heterocycles. The van der Waals surface area contributed by atoms with Gasteiger partial charge in [0.1, 0.15) is 11.3 Å². The van der Waals surface area contributed by atoms with Crippen LogP contribution in [-0.2, 0) is 7.05 Å². The van der Waals surface area contributed by atoms with Gasteiger partial charge >= 0.3 is 5.69 Å². The molecule has 1 amide bonds. The second-order valence-corrected chi connectivity index (χ2v) is 6.76. The number of methoxy groups -OCH3 is 1. The minimum atomic E-state index is -0.765. The van der Waals surface area contributed by atoms with Crippen molar-refractivity contribution in [1.29, 1.82) is 0 Å². The number of benzene rings is 2. The van der Waals surface area contributed by atoms with Crippen LogP contribution >= 0.6 is 11.6 Å². The van der Waals surface area contributed by atoms with Gasteiger partial charge in [-0.2, -0.15) is 0 Å². The molecule has 0 saturated carbocycles. The highest BCUT2D eigenvalue weighted by Crippen LogP contribution is 2.25. The first-order valence-corrected chi connectivity index (χ1v) is 8.98. The van der Waals surface area contributed by atoms with E-state index in [4.69, 9.17) is 22.1 Å². The van der Waals surface area contributed by atoms with Crippen LogP contribution in [0, 0.1) is 0 Å². The lowest BCUT2D eigenvalue weighted by Gasteiger charge is -2.08. The monoisotopic (exact) mass is 409 g/mol. The summed E-state index contributed by atoms with van der Waals surface area (Å²) in [6.45, 7) is 0. The number of carbonyl (C=O) groups is 1. The molecule has 0 atom stereocenters. The van der Waals surface area contributed by atoms with Crippen molar-refractivity contribution in [3.05, 3.63) is 69.7 Å². The van der Waals surface area contributed by atoms with E-state index in [-0.39, 0.29) is 22.7 Å². The van der Waals surface area contributed by atoms with E-state index in [1.54, 1.807) is 48.5 Å². The summed E-state index contributed by atoms with van der Waals surface area (Å²) in [4.78, 5) is 34.0. The normalized spacial score (nSPS) is 11.0. The largest absolute Gasteiger partial charge is 0.497 e. The first kappa shape index (κ1) is 18.7. The molecule has 0 aliphatic heterocycles. The third-order valence-corrected chi connectivity index (χ3v) is 4.75. The van der Waals surface area contributed by atoms with Gasteiger partial charge in [0.2, 0.25) is 0 Å². The molecule has 0 bridgehead atoms. The maximum absolute atomic E-state index is 13.0. The van der Waals surface area contributed by atoms with Gasteiger partial charge in [0, 0.05) is 23.7 Å². The van der Waals surface area contributed by atoms with Crippen LogP contribution in [0.4, 0.5) is 0 Å². The average Bonchev–Trinajstić information content (AvgIpc) is 2.97. The molecule has 2 aromatic carbocycles. The maximum atomic E-state index is 13.0. The predicted octanol–water partition coefficient (Wildman–Crippen LogP) is 2.55. The Kier molecular flexibility index (Phi) is 4.56. The fraction of sp³-hybridized carbons (Fsp3) is 0.100. The van der Waals surface area contributed by atoms with Crippen LogP contribution in [0.15, 0.2) is 53.3 Å². The zero-order valence-corrected chi connectivity index (χ0v) is 16.3. The van der Waals surface area contributed by atoms with Crippen molar-refractivity contribution in [2.45, 2.75) is 0 Å². The zero-order valence-electron chi connectivity index (χ0n) is 15.6. The van der Waals surface area contributed by atoms with Crippen molar-refractivity contribution in [2.24, 2.45) is 12.8 Å². The van der Waals surface area contributed by atoms with E-state index in [1.807, 2.05) is 0 Å². The first-order chi connectivity index (χ1) is 13.9. The molecule has 146 valence electrons. The van der Waals surface area contributed by atoms with Crippen LogP contribution in [0.5, 0.6) is 5.75 Å². The van der Waals surface area contributed by atoms with Crippen LogP contribution < -0.4 is 16.2 Å². The number of aryl methyl sites for hydroxylation is 1. The van der Waals surface area contributed by atoms with Gasteiger partial charge in [-0.25, -0.2) is 19.3 Å². The van der Waals surface area contributed by atoms with Gasteiger partial charge in [0.15, 0.2) is 17.2 Å². The highest BCUT2D eigenvalue weighted by atomic mass is 35.5. The molecule has 0 spiro atoms. The molecule has 2 aromatic heterocycles. The number of nitrogens with two attached hydrogens (primary N) is 1. The highest BCUT2D eigenvalue weighted by Gasteiger charge is 2.23. The number of hydrogen-bond donors (Lipinski definition) is 1. The molecule has 2 heterocycles. The number of halogens is 1. The number of aromatic nitrogens is 4. The van der Waals surface area contributed by atoms with Gasteiger partial charge in [0.05, 0.1) is 12.8 Å². The van der Waals surface area contributed by atoms with E-state index in [1.165, 1.54) is 23.3 Å². The molecular formula is C20H16ClN5O3. The van der Waals surface area contributed by atoms with Gasteiger partial charge < -0.3 is 10.5 Å². The van der Waals surface area contributed by atoms with E-state index < -0.39 is 11.6 Å². The van der Waals surface area contributed by atoms with E-state index in [2.05, 4.69) is 9.97 Å². The van der Waals surface area contributed by atoms with Gasteiger partial charge in [0.25, 0.3) is 5.91 Å². The number of imidazole rings is 1. The van der Waals surface area contributed by atoms with Crippen molar-refractivity contribution >= 4 is 28.7 Å². The van der Waals surface area contributed by atoms with Gasteiger partial charge in [-0.1, -0.05) is 29.8 Å². The number of rotatable bonds is 4. The van der Waals surface area contributed by atoms with Crippen molar-refractivity contribution in [1.82, 2.24) is 19.1 Å². The van der Waals surface area contributed by atoms with Gasteiger partial charge in [-0.3, -0.25) is 9.36 Å². The Bertz CT molecular complexity index is 1330. The number of hydrogen-bond acceptors (Lipinski definition) is 5. The molecule has 8 nitrogen and oxygen atoms in total. The fourth-order valence-corrected chi connectivity index (χ4v) is 3.35. The maximum Gasteiger partial charge on any atom is 0.334 e. The Morgan fingerprint density at radius 2 is 1.90 bits per heavy atom. The summed E-state index contributed by atoms with van der Waals surface area (Å²) in [5, 5.41) is 0.491.